The minimum absolute atomic E-state index is 0.147. The van der Waals surface area contributed by atoms with E-state index >= 15 is 0 Å². The minimum atomic E-state index is -0.370. The summed E-state index contributed by atoms with van der Waals surface area (Å²) >= 11 is 0. The molecule has 0 bridgehead atoms. The molecule has 1 aromatic carbocycles. The third kappa shape index (κ3) is 3.27. The molecule has 2 rings (SSSR count). The van der Waals surface area contributed by atoms with Crippen LogP contribution in [0.15, 0.2) is 24.3 Å². The predicted molar refractivity (Wildman–Crippen MR) is 70.5 cm³/mol. The molecule has 1 atom stereocenters. The molecule has 0 spiro atoms. The monoisotopic (exact) mass is 249 g/mol. The number of benzene rings is 1. The number of nitro groups is 1. The fraction of sp³-hybridized carbons (Fsp3) is 0.538. The van der Waals surface area contributed by atoms with Gasteiger partial charge in [-0.05, 0) is 32.0 Å². The lowest BCUT2D eigenvalue weighted by Crippen LogP contribution is -2.35. The third-order valence-electron chi connectivity index (χ3n) is 3.53. The van der Waals surface area contributed by atoms with Crippen LogP contribution in [-0.4, -0.2) is 36.0 Å². The fourth-order valence-corrected chi connectivity index (χ4v) is 2.36. The molecule has 0 amide bonds. The van der Waals surface area contributed by atoms with Gasteiger partial charge in [-0.1, -0.05) is 12.1 Å². The highest BCUT2D eigenvalue weighted by Gasteiger charge is 2.19. The fourth-order valence-electron chi connectivity index (χ4n) is 2.36. The van der Waals surface area contributed by atoms with Crippen molar-refractivity contribution < 1.29 is 4.92 Å². The smallest absolute Gasteiger partial charge is 0.269 e. The summed E-state index contributed by atoms with van der Waals surface area (Å²) in [5.41, 5.74) is 1.23. The van der Waals surface area contributed by atoms with Gasteiger partial charge in [0, 0.05) is 31.3 Å². The molecule has 5 nitrogen and oxygen atoms in total. The molecule has 1 unspecified atom stereocenters. The van der Waals surface area contributed by atoms with Crippen LogP contribution >= 0.6 is 0 Å². The van der Waals surface area contributed by atoms with E-state index in [-0.39, 0.29) is 10.6 Å². The number of likely N-dealkylation sites (tertiary alicyclic amines) is 1. The van der Waals surface area contributed by atoms with E-state index in [1.54, 1.807) is 12.1 Å². The average Bonchev–Trinajstić information content (AvgIpc) is 2.76. The summed E-state index contributed by atoms with van der Waals surface area (Å²) in [4.78, 5) is 12.5. The standard InChI is InChI=1S/C13H19N3O2/c1-15-8-2-3-13(15)10-14-9-11-4-6-12(7-5-11)16(17)18/h4-7,13-14H,2-3,8-10H2,1H3. The van der Waals surface area contributed by atoms with E-state index in [4.69, 9.17) is 0 Å². The Bertz CT molecular complexity index is 405. The molecular weight excluding hydrogens is 230 g/mol. The molecular formula is C13H19N3O2. The van der Waals surface area contributed by atoms with Crippen molar-refractivity contribution in [2.45, 2.75) is 25.4 Å². The van der Waals surface area contributed by atoms with Crippen LogP contribution in [0.25, 0.3) is 0 Å². The second kappa shape index (κ2) is 5.93. The number of nitro benzene ring substituents is 1. The van der Waals surface area contributed by atoms with Crippen molar-refractivity contribution in [3.63, 3.8) is 0 Å². The molecule has 1 fully saturated rings. The highest BCUT2D eigenvalue weighted by Crippen LogP contribution is 2.14. The number of hydrogen-bond acceptors (Lipinski definition) is 4. The highest BCUT2D eigenvalue weighted by molar-refractivity contribution is 5.32. The molecule has 0 aliphatic carbocycles. The maximum atomic E-state index is 10.5. The summed E-state index contributed by atoms with van der Waals surface area (Å²) in [5.74, 6) is 0. The Balaban J connectivity index is 1.78. The van der Waals surface area contributed by atoms with E-state index in [2.05, 4.69) is 17.3 Å². The van der Waals surface area contributed by atoms with Gasteiger partial charge in [0.05, 0.1) is 4.92 Å². The zero-order valence-electron chi connectivity index (χ0n) is 10.6. The minimum Gasteiger partial charge on any atom is -0.311 e. The topological polar surface area (TPSA) is 58.4 Å². The SMILES string of the molecule is CN1CCCC1CNCc1ccc([N+](=O)[O-])cc1. The zero-order chi connectivity index (χ0) is 13.0. The Morgan fingerprint density at radius 3 is 2.72 bits per heavy atom. The van der Waals surface area contributed by atoms with Crippen LogP contribution in [0.2, 0.25) is 0 Å². The molecule has 18 heavy (non-hydrogen) atoms. The summed E-state index contributed by atoms with van der Waals surface area (Å²) in [6.07, 6.45) is 2.53. The Kier molecular flexibility index (Phi) is 4.28. The van der Waals surface area contributed by atoms with Crippen LogP contribution in [0.4, 0.5) is 5.69 Å². The van der Waals surface area contributed by atoms with E-state index < -0.39 is 0 Å². The van der Waals surface area contributed by atoms with Gasteiger partial charge < -0.3 is 10.2 Å². The third-order valence-corrected chi connectivity index (χ3v) is 3.53. The van der Waals surface area contributed by atoms with Gasteiger partial charge in [-0.25, -0.2) is 0 Å². The summed E-state index contributed by atoms with van der Waals surface area (Å²) in [6.45, 7) is 2.93. The van der Waals surface area contributed by atoms with Gasteiger partial charge in [0.1, 0.15) is 0 Å². The second-order valence-corrected chi connectivity index (χ2v) is 4.83. The average molecular weight is 249 g/mol. The number of rotatable bonds is 5. The van der Waals surface area contributed by atoms with Gasteiger partial charge in [0.25, 0.3) is 5.69 Å². The lowest BCUT2D eigenvalue weighted by Gasteiger charge is -2.19. The Morgan fingerprint density at radius 2 is 2.17 bits per heavy atom. The molecule has 0 aromatic heterocycles. The van der Waals surface area contributed by atoms with Gasteiger partial charge in [0.2, 0.25) is 0 Å². The lowest BCUT2D eigenvalue weighted by molar-refractivity contribution is -0.384. The first-order chi connectivity index (χ1) is 8.66. The normalized spacial score (nSPS) is 20.2. The Morgan fingerprint density at radius 1 is 1.44 bits per heavy atom. The molecule has 1 aliphatic rings. The first-order valence-corrected chi connectivity index (χ1v) is 6.31. The maximum absolute atomic E-state index is 10.5. The predicted octanol–water partition coefficient (Wildman–Crippen LogP) is 1.78. The van der Waals surface area contributed by atoms with Crippen LogP contribution in [0, 0.1) is 10.1 Å². The van der Waals surface area contributed by atoms with Crippen molar-refractivity contribution in [2.75, 3.05) is 20.1 Å². The zero-order valence-corrected chi connectivity index (χ0v) is 10.6. The van der Waals surface area contributed by atoms with Crippen LogP contribution in [0.3, 0.4) is 0 Å². The van der Waals surface area contributed by atoms with Crippen molar-refractivity contribution in [1.82, 2.24) is 10.2 Å². The van der Waals surface area contributed by atoms with Gasteiger partial charge in [-0.2, -0.15) is 0 Å². The van der Waals surface area contributed by atoms with Crippen LogP contribution in [0.5, 0.6) is 0 Å². The molecule has 5 heteroatoms. The molecule has 1 saturated heterocycles. The van der Waals surface area contributed by atoms with Crippen molar-refractivity contribution >= 4 is 5.69 Å². The molecule has 0 saturated carbocycles. The number of likely N-dealkylation sites (N-methyl/N-ethyl adjacent to an activating group) is 1. The second-order valence-electron chi connectivity index (χ2n) is 4.83. The van der Waals surface area contributed by atoms with Crippen LogP contribution in [0.1, 0.15) is 18.4 Å². The van der Waals surface area contributed by atoms with Gasteiger partial charge in [-0.15, -0.1) is 0 Å². The molecule has 98 valence electrons. The molecule has 1 N–H and O–H groups in total. The largest absolute Gasteiger partial charge is 0.311 e. The Labute approximate surface area is 107 Å². The summed E-state index contributed by atoms with van der Waals surface area (Å²) in [6, 6.07) is 7.35. The van der Waals surface area contributed by atoms with Crippen molar-refractivity contribution in [1.29, 1.82) is 0 Å². The molecule has 1 aliphatic heterocycles. The van der Waals surface area contributed by atoms with E-state index in [1.165, 1.54) is 19.4 Å². The molecule has 0 radical (unpaired) electrons. The van der Waals surface area contributed by atoms with Crippen molar-refractivity contribution in [3.05, 3.63) is 39.9 Å². The number of non-ortho nitro benzene ring substituents is 1. The molecule has 1 heterocycles. The van der Waals surface area contributed by atoms with E-state index in [1.807, 2.05) is 12.1 Å². The van der Waals surface area contributed by atoms with Crippen LogP contribution < -0.4 is 5.32 Å². The number of nitrogens with zero attached hydrogens (tertiary/aromatic N) is 2. The van der Waals surface area contributed by atoms with Gasteiger partial charge in [0.15, 0.2) is 0 Å². The Hall–Kier alpha value is -1.46. The van der Waals surface area contributed by atoms with E-state index in [0.29, 0.717) is 6.04 Å². The maximum Gasteiger partial charge on any atom is 0.269 e. The van der Waals surface area contributed by atoms with Gasteiger partial charge in [-0.3, -0.25) is 10.1 Å². The van der Waals surface area contributed by atoms with E-state index in [0.717, 1.165) is 18.7 Å². The van der Waals surface area contributed by atoms with E-state index in [9.17, 15) is 10.1 Å². The number of hydrogen-bond donors (Lipinski definition) is 1. The first kappa shape index (κ1) is 13.0. The van der Waals surface area contributed by atoms with Crippen molar-refractivity contribution in [2.24, 2.45) is 0 Å². The van der Waals surface area contributed by atoms with Gasteiger partial charge >= 0.3 is 0 Å². The summed E-state index contributed by atoms with van der Waals surface area (Å²) < 4.78 is 0. The highest BCUT2D eigenvalue weighted by atomic mass is 16.6. The van der Waals surface area contributed by atoms with Crippen molar-refractivity contribution in [3.8, 4) is 0 Å². The number of nitrogens with one attached hydrogen (secondary N) is 1. The lowest BCUT2D eigenvalue weighted by atomic mass is 10.2. The quantitative estimate of drug-likeness (QED) is 0.638. The first-order valence-electron chi connectivity index (χ1n) is 6.31. The summed E-state index contributed by atoms with van der Waals surface area (Å²) in [5, 5.41) is 13.9. The van der Waals surface area contributed by atoms with Crippen LogP contribution in [-0.2, 0) is 6.54 Å². The molecule has 1 aromatic rings. The summed E-state index contributed by atoms with van der Waals surface area (Å²) in [7, 11) is 2.16.